The van der Waals surface area contributed by atoms with Crippen molar-refractivity contribution in [2.75, 3.05) is 0 Å². The fourth-order valence-electron chi connectivity index (χ4n) is 0.264. The van der Waals surface area contributed by atoms with Crippen LogP contribution in [0, 0.1) is 0 Å². The Labute approximate surface area is 59.6 Å². The molecule has 0 spiro atoms. The van der Waals surface area contributed by atoms with Gasteiger partial charge in [-0.3, -0.25) is 4.18 Å². The molecular formula is C4H9ClO3S. The molecule has 0 fully saturated rings. The fraction of sp³-hybridized carbons (Fsp3) is 1.00. The van der Waals surface area contributed by atoms with Gasteiger partial charge in [-0.2, -0.15) is 8.42 Å². The van der Waals surface area contributed by atoms with Crippen LogP contribution in [-0.2, 0) is 13.5 Å². The van der Waals surface area contributed by atoms with E-state index in [0.717, 1.165) is 0 Å². The van der Waals surface area contributed by atoms with Gasteiger partial charge >= 0.3 is 9.33 Å². The number of hydrogen-bond acceptors (Lipinski definition) is 3. The van der Waals surface area contributed by atoms with Crippen molar-refractivity contribution in [2.24, 2.45) is 0 Å². The lowest BCUT2D eigenvalue weighted by Crippen LogP contribution is -2.08. The molecule has 0 saturated heterocycles. The lowest BCUT2D eigenvalue weighted by molar-refractivity contribution is 0.231. The zero-order valence-electron chi connectivity index (χ0n) is 5.30. The van der Waals surface area contributed by atoms with E-state index in [4.69, 9.17) is 10.7 Å². The molecule has 0 aliphatic heterocycles. The first kappa shape index (κ1) is 9.20. The topological polar surface area (TPSA) is 43.4 Å². The van der Waals surface area contributed by atoms with E-state index in [0.29, 0.717) is 6.42 Å². The molecule has 0 rings (SSSR count). The smallest absolute Gasteiger partial charge is 0.255 e. The summed E-state index contributed by atoms with van der Waals surface area (Å²) in [6.45, 7) is 3.45. The van der Waals surface area contributed by atoms with E-state index in [1.807, 2.05) is 6.92 Å². The van der Waals surface area contributed by atoms with Gasteiger partial charge in [0.25, 0.3) is 0 Å². The van der Waals surface area contributed by atoms with Crippen molar-refractivity contribution < 1.29 is 12.6 Å². The second kappa shape index (κ2) is 3.39. The minimum absolute atomic E-state index is 0.326. The van der Waals surface area contributed by atoms with Crippen molar-refractivity contribution in [2.45, 2.75) is 26.4 Å². The highest BCUT2D eigenvalue weighted by Crippen LogP contribution is 2.05. The molecule has 0 aromatic carbocycles. The second-order valence-corrected chi connectivity index (χ2v) is 3.82. The molecule has 9 heavy (non-hydrogen) atoms. The molecule has 5 heteroatoms. The monoisotopic (exact) mass is 172 g/mol. The summed E-state index contributed by atoms with van der Waals surface area (Å²) in [5, 5.41) is 0. The largest absolute Gasteiger partial charge is 0.355 e. The van der Waals surface area contributed by atoms with Crippen molar-refractivity contribution in [3.05, 3.63) is 0 Å². The SMILES string of the molecule is CCC(C)OS(=O)(=O)Cl. The number of rotatable bonds is 3. The van der Waals surface area contributed by atoms with Gasteiger partial charge < -0.3 is 0 Å². The van der Waals surface area contributed by atoms with Gasteiger partial charge in [-0.15, -0.1) is 0 Å². The lowest BCUT2D eigenvalue weighted by atomic mass is 10.3. The van der Waals surface area contributed by atoms with Crippen molar-refractivity contribution in [3.8, 4) is 0 Å². The summed E-state index contributed by atoms with van der Waals surface area (Å²) in [4.78, 5) is 0. The van der Waals surface area contributed by atoms with Crippen LogP contribution in [0.3, 0.4) is 0 Å². The van der Waals surface area contributed by atoms with E-state index >= 15 is 0 Å². The first-order valence-electron chi connectivity index (χ1n) is 2.58. The normalized spacial score (nSPS) is 15.4. The third-order valence-corrected chi connectivity index (χ3v) is 1.63. The highest BCUT2D eigenvalue weighted by Gasteiger charge is 2.09. The van der Waals surface area contributed by atoms with Gasteiger partial charge in [0, 0.05) is 10.7 Å². The van der Waals surface area contributed by atoms with Crippen LogP contribution in [0.25, 0.3) is 0 Å². The Morgan fingerprint density at radius 3 is 2.22 bits per heavy atom. The van der Waals surface area contributed by atoms with Crippen molar-refractivity contribution in [3.63, 3.8) is 0 Å². The molecule has 0 heterocycles. The van der Waals surface area contributed by atoms with Gasteiger partial charge in [0.1, 0.15) is 0 Å². The van der Waals surface area contributed by atoms with Crippen LogP contribution in [0.15, 0.2) is 0 Å². The standard InChI is InChI=1S/C4H9ClO3S/c1-3-4(2)8-9(5,6)7/h4H,3H2,1-2H3. The molecule has 0 aromatic rings. The van der Waals surface area contributed by atoms with Gasteiger partial charge in [-0.25, -0.2) is 0 Å². The van der Waals surface area contributed by atoms with E-state index in [1.165, 1.54) is 0 Å². The van der Waals surface area contributed by atoms with E-state index in [-0.39, 0.29) is 6.10 Å². The minimum atomic E-state index is -3.76. The molecule has 0 amide bonds. The van der Waals surface area contributed by atoms with Gasteiger partial charge in [0.05, 0.1) is 6.10 Å². The Morgan fingerprint density at radius 1 is 1.67 bits per heavy atom. The Kier molecular flexibility index (Phi) is 3.46. The molecule has 0 aliphatic rings. The quantitative estimate of drug-likeness (QED) is 0.603. The average Bonchev–Trinajstić information content (AvgIpc) is 1.62. The minimum Gasteiger partial charge on any atom is -0.255 e. The van der Waals surface area contributed by atoms with Crippen LogP contribution >= 0.6 is 10.7 Å². The van der Waals surface area contributed by atoms with E-state index in [2.05, 4.69) is 4.18 Å². The Bertz CT molecular complexity index is 163. The molecule has 0 N–H and O–H groups in total. The third-order valence-electron chi connectivity index (χ3n) is 0.854. The summed E-state index contributed by atoms with van der Waals surface area (Å²) >= 11 is 0. The lowest BCUT2D eigenvalue weighted by Gasteiger charge is -2.04. The zero-order chi connectivity index (χ0) is 7.49. The van der Waals surface area contributed by atoms with Crippen LogP contribution in [0.2, 0.25) is 0 Å². The van der Waals surface area contributed by atoms with Crippen LogP contribution in [0.5, 0.6) is 0 Å². The summed E-state index contributed by atoms with van der Waals surface area (Å²) in [5.41, 5.74) is 0. The maximum Gasteiger partial charge on any atom is 0.355 e. The number of hydrogen-bond donors (Lipinski definition) is 0. The van der Waals surface area contributed by atoms with Gasteiger partial charge in [0.15, 0.2) is 0 Å². The summed E-state index contributed by atoms with van der Waals surface area (Å²) in [6.07, 6.45) is 0.305. The highest BCUT2D eigenvalue weighted by atomic mass is 35.7. The molecule has 3 nitrogen and oxygen atoms in total. The average molecular weight is 173 g/mol. The van der Waals surface area contributed by atoms with Crippen LogP contribution in [0.4, 0.5) is 0 Å². The Hall–Kier alpha value is 0.200. The number of halogens is 1. The summed E-state index contributed by atoms with van der Waals surface area (Å²) in [5.74, 6) is 0. The van der Waals surface area contributed by atoms with E-state index < -0.39 is 9.33 Å². The molecule has 0 bridgehead atoms. The molecule has 0 aliphatic carbocycles. The summed E-state index contributed by atoms with van der Waals surface area (Å²) in [6, 6.07) is 0. The molecule has 1 atom stereocenters. The molecule has 0 radical (unpaired) electrons. The second-order valence-electron chi connectivity index (χ2n) is 1.71. The molecule has 0 aromatic heterocycles. The van der Waals surface area contributed by atoms with Crippen LogP contribution in [0.1, 0.15) is 20.3 Å². The van der Waals surface area contributed by atoms with E-state index in [1.54, 1.807) is 6.92 Å². The van der Waals surface area contributed by atoms with Crippen molar-refractivity contribution in [1.29, 1.82) is 0 Å². The summed E-state index contributed by atoms with van der Waals surface area (Å²) < 4.78 is 24.6. The summed E-state index contributed by atoms with van der Waals surface area (Å²) in [7, 11) is 0.994. The maximum atomic E-state index is 10.1. The highest BCUT2D eigenvalue weighted by molar-refractivity contribution is 8.10. The first-order chi connectivity index (χ1) is 3.95. The van der Waals surface area contributed by atoms with Crippen molar-refractivity contribution in [1.82, 2.24) is 0 Å². The molecule has 56 valence electrons. The Balaban J connectivity index is 3.75. The predicted molar refractivity (Wildman–Crippen MR) is 35.6 cm³/mol. The maximum absolute atomic E-state index is 10.1. The van der Waals surface area contributed by atoms with E-state index in [9.17, 15) is 8.42 Å². The first-order valence-corrected chi connectivity index (χ1v) is 4.82. The van der Waals surface area contributed by atoms with Gasteiger partial charge in [0.2, 0.25) is 0 Å². The predicted octanol–water partition coefficient (Wildman–Crippen LogP) is 1.29. The third kappa shape index (κ3) is 6.08. The van der Waals surface area contributed by atoms with Gasteiger partial charge in [-0.1, -0.05) is 6.92 Å². The molecule has 1 unspecified atom stereocenters. The fourth-order valence-corrected chi connectivity index (χ4v) is 1.17. The Morgan fingerprint density at radius 2 is 2.11 bits per heavy atom. The molecular weight excluding hydrogens is 164 g/mol. The van der Waals surface area contributed by atoms with Crippen LogP contribution in [-0.4, -0.2) is 14.5 Å². The van der Waals surface area contributed by atoms with Crippen molar-refractivity contribution >= 4 is 20.0 Å². The molecule has 0 saturated carbocycles. The van der Waals surface area contributed by atoms with Crippen LogP contribution < -0.4 is 0 Å². The zero-order valence-corrected chi connectivity index (χ0v) is 6.87. The van der Waals surface area contributed by atoms with Gasteiger partial charge in [-0.05, 0) is 13.3 Å².